The molecule has 0 heterocycles. The minimum atomic E-state index is 0. The number of methoxy groups -OCH3 is 1. The van der Waals surface area contributed by atoms with Crippen molar-refractivity contribution >= 4 is 29.9 Å². The molecule has 0 unspecified atom stereocenters. The van der Waals surface area contributed by atoms with Crippen LogP contribution in [0.2, 0.25) is 0 Å². The SMILES string of the molecule is CCCNC(N)=NCc1ccc(Oc2ccccc2OC)cc1.I. The number of benzene rings is 2. The summed E-state index contributed by atoms with van der Waals surface area (Å²) < 4.78 is 11.1. The van der Waals surface area contributed by atoms with E-state index in [0.717, 1.165) is 24.3 Å². The smallest absolute Gasteiger partial charge is 0.188 e. The highest BCUT2D eigenvalue weighted by Gasteiger charge is 2.04. The molecule has 0 aliphatic rings. The summed E-state index contributed by atoms with van der Waals surface area (Å²) >= 11 is 0. The van der Waals surface area contributed by atoms with Crippen molar-refractivity contribution in [3.63, 3.8) is 0 Å². The quantitative estimate of drug-likeness (QED) is 0.388. The molecule has 6 heteroatoms. The Morgan fingerprint density at radius 2 is 1.75 bits per heavy atom. The van der Waals surface area contributed by atoms with E-state index in [1.165, 1.54) is 0 Å². The number of nitrogens with two attached hydrogens (primary N) is 1. The van der Waals surface area contributed by atoms with Crippen LogP contribution >= 0.6 is 24.0 Å². The van der Waals surface area contributed by atoms with Crippen molar-refractivity contribution < 1.29 is 9.47 Å². The fourth-order valence-electron chi connectivity index (χ4n) is 1.98. The Kier molecular flexibility index (Phi) is 8.99. The molecular formula is C18H24IN3O2. The zero-order valence-electron chi connectivity index (χ0n) is 14.0. The van der Waals surface area contributed by atoms with Gasteiger partial charge in [-0.05, 0) is 36.2 Å². The summed E-state index contributed by atoms with van der Waals surface area (Å²) in [6, 6.07) is 15.3. The Bertz CT molecular complexity index is 645. The fraction of sp³-hybridized carbons (Fsp3) is 0.278. The van der Waals surface area contributed by atoms with Gasteiger partial charge in [0.05, 0.1) is 13.7 Å². The van der Waals surface area contributed by atoms with Gasteiger partial charge in [-0.25, -0.2) is 4.99 Å². The number of nitrogens with one attached hydrogen (secondary N) is 1. The number of nitrogens with zero attached hydrogens (tertiary/aromatic N) is 1. The standard InChI is InChI=1S/C18H23N3O2.HI/c1-3-12-20-18(19)21-13-14-8-10-15(11-9-14)23-17-7-5-4-6-16(17)22-2;/h4-11H,3,12-13H2,1-2H3,(H3,19,20,21);1H. The topological polar surface area (TPSA) is 68.9 Å². The highest BCUT2D eigenvalue weighted by Crippen LogP contribution is 2.30. The lowest BCUT2D eigenvalue weighted by molar-refractivity contribution is 0.379. The van der Waals surface area contributed by atoms with Crippen LogP contribution in [-0.4, -0.2) is 19.6 Å². The molecule has 0 amide bonds. The fourth-order valence-corrected chi connectivity index (χ4v) is 1.98. The molecule has 0 aliphatic carbocycles. The number of guanidine groups is 1. The first kappa shape index (κ1) is 20.1. The second-order valence-electron chi connectivity index (χ2n) is 5.03. The molecule has 0 aromatic heterocycles. The van der Waals surface area contributed by atoms with Crippen LogP contribution in [0.1, 0.15) is 18.9 Å². The van der Waals surface area contributed by atoms with Crippen LogP contribution in [0, 0.1) is 0 Å². The molecule has 0 bridgehead atoms. The second kappa shape index (κ2) is 10.7. The van der Waals surface area contributed by atoms with Crippen molar-refractivity contribution in [2.45, 2.75) is 19.9 Å². The highest BCUT2D eigenvalue weighted by molar-refractivity contribution is 14.0. The predicted molar refractivity (Wildman–Crippen MR) is 109 cm³/mol. The molecule has 0 saturated heterocycles. The van der Waals surface area contributed by atoms with Gasteiger partial charge in [0.1, 0.15) is 5.75 Å². The largest absolute Gasteiger partial charge is 0.493 e. The molecule has 0 spiro atoms. The normalized spacial score (nSPS) is 10.7. The van der Waals surface area contributed by atoms with Crippen molar-refractivity contribution in [1.29, 1.82) is 0 Å². The predicted octanol–water partition coefficient (Wildman–Crippen LogP) is 3.92. The van der Waals surface area contributed by atoms with E-state index in [9.17, 15) is 0 Å². The number of aliphatic imine (C=N–C) groups is 1. The number of ether oxygens (including phenoxy) is 2. The minimum absolute atomic E-state index is 0. The molecule has 5 nitrogen and oxygen atoms in total. The molecular weight excluding hydrogens is 417 g/mol. The maximum atomic E-state index is 5.84. The van der Waals surface area contributed by atoms with Crippen LogP contribution in [-0.2, 0) is 6.54 Å². The molecule has 0 aliphatic heterocycles. The Morgan fingerprint density at radius 3 is 2.38 bits per heavy atom. The van der Waals surface area contributed by atoms with Gasteiger partial charge in [-0.1, -0.05) is 31.2 Å². The van der Waals surface area contributed by atoms with E-state index in [4.69, 9.17) is 15.2 Å². The zero-order chi connectivity index (χ0) is 16.5. The van der Waals surface area contributed by atoms with E-state index in [0.29, 0.717) is 24.0 Å². The third kappa shape index (κ3) is 6.27. The van der Waals surface area contributed by atoms with Crippen molar-refractivity contribution in [3.05, 3.63) is 54.1 Å². The van der Waals surface area contributed by atoms with E-state index in [1.54, 1.807) is 7.11 Å². The zero-order valence-corrected chi connectivity index (χ0v) is 16.3. The maximum Gasteiger partial charge on any atom is 0.188 e. The molecule has 2 aromatic carbocycles. The average Bonchev–Trinajstić information content (AvgIpc) is 2.59. The van der Waals surface area contributed by atoms with Gasteiger partial charge >= 0.3 is 0 Å². The Balaban J connectivity index is 0.00000288. The Hall–Kier alpha value is -1.96. The lowest BCUT2D eigenvalue weighted by atomic mass is 10.2. The van der Waals surface area contributed by atoms with Crippen LogP contribution in [0.3, 0.4) is 0 Å². The summed E-state index contributed by atoms with van der Waals surface area (Å²) in [4.78, 5) is 4.30. The van der Waals surface area contributed by atoms with E-state index in [1.807, 2.05) is 48.5 Å². The second-order valence-corrected chi connectivity index (χ2v) is 5.03. The van der Waals surface area contributed by atoms with Crippen molar-refractivity contribution in [2.75, 3.05) is 13.7 Å². The monoisotopic (exact) mass is 441 g/mol. The molecule has 24 heavy (non-hydrogen) atoms. The first-order valence-corrected chi connectivity index (χ1v) is 7.66. The van der Waals surface area contributed by atoms with Crippen LogP contribution in [0.15, 0.2) is 53.5 Å². The molecule has 3 N–H and O–H groups in total. The summed E-state index contributed by atoms with van der Waals surface area (Å²) in [6.07, 6.45) is 1.02. The molecule has 0 radical (unpaired) electrons. The van der Waals surface area contributed by atoms with Gasteiger partial charge in [-0.3, -0.25) is 0 Å². The van der Waals surface area contributed by atoms with Crippen molar-refractivity contribution in [3.8, 4) is 17.2 Å². The average molecular weight is 441 g/mol. The van der Waals surface area contributed by atoms with Crippen LogP contribution in [0.5, 0.6) is 17.2 Å². The third-order valence-corrected chi connectivity index (χ3v) is 3.21. The van der Waals surface area contributed by atoms with E-state index in [-0.39, 0.29) is 24.0 Å². The lowest BCUT2D eigenvalue weighted by Crippen LogP contribution is -2.32. The number of hydrogen-bond acceptors (Lipinski definition) is 3. The van der Waals surface area contributed by atoms with E-state index in [2.05, 4.69) is 17.2 Å². The number of hydrogen-bond donors (Lipinski definition) is 2. The van der Waals surface area contributed by atoms with E-state index < -0.39 is 0 Å². The summed E-state index contributed by atoms with van der Waals surface area (Å²) in [5, 5.41) is 3.05. The first-order valence-electron chi connectivity index (χ1n) is 7.66. The molecule has 0 atom stereocenters. The van der Waals surface area contributed by atoms with E-state index >= 15 is 0 Å². The van der Waals surface area contributed by atoms with Gasteiger partial charge in [0, 0.05) is 6.54 Å². The molecule has 2 rings (SSSR count). The van der Waals surface area contributed by atoms with Crippen molar-refractivity contribution in [2.24, 2.45) is 10.7 Å². The molecule has 130 valence electrons. The van der Waals surface area contributed by atoms with Crippen LogP contribution < -0.4 is 20.5 Å². The van der Waals surface area contributed by atoms with Crippen LogP contribution in [0.25, 0.3) is 0 Å². The summed E-state index contributed by atoms with van der Waals surface area (Å²) in [5.41, 5.74) is 6.84. The Labute approximate surface area is 160 Å². The number of halogens is 1. The molecule has 2 aromatic rings. The molecule has 0 fully saturated rings. The third-order valence-electron chi connectivity index (χ3n) is 3.21. The summed E-state index contributed by atoms with van der Waals surface area (Å²) in [7, 11) is 1.63. The maximum absolute atomic E-state index is 5.84. The van der Waals surface area contributed by atoms with Gasteiger partial charge in [-0.2, -0.15) is 0 Å². The van der Waals surface area contributed by atoms with Gasteiger partial charge in [0.15, 0.2) is 17.5 Å². The van der Waals surface area contributed by atoms with Gasteiger partial charge < -0.3 is 20.5 Å². The molecule has 0 saturated carbocycles. The number of para-hydroxylation sites is 2. The van der Waals surface area contributed by atoms with Gasteiger partial charge in [0.2, 0.25) is 0 Å². The lowest BCUT2D eigenvalue weighted by Gasteiger charge is -2.10. The van der Waals surface area contributed by atoms with Gasteiger partial charge in [0.25, 0.3) is 0 Å². The number of rotatable bonds is 7. The first-order chi connectivity index (χ1) is 11.2. The van der Waals surface area contributed by atoms with Crippen LogP contribution in [0.4, 0.5) is 0 Å². The Morgan fingerprint density at radius 1 is 1.08 bits per heavy atom. The van der Waals surface area contributed by atoms with Crippen molar-refractivity contribution in [1.82, 2.24) is 5.32 Å². The summed E-state index contributed by atoms with van der Waals surface area (Å²) in [6.45, 7) is 3.46. The highest BCUT2D eigenvalue weighted by atomic mass is 127. The summed E-state index contributed by atoms with van der Waals surface area (Å²) in [5.74, 6) is 2.62. The van der Waals surface area contributed by atoms with Gasteiger partial charge in [-0.15, -0.1) is 24.0 Å². The minimum Gasteiger partial charge on any atom is -0.493 e.